The molecule has 1 N–H and O–H groups in total. The Kier molecular flexibility index (Phi) is 3.14. The standard InChI is InChI=1S/C10H18FNS/c11-10(4-1-2-5-10)8-12-9-3-6-13-7-9/h9,12H,1-8H2. The minimum absolute atomic E-state index is 0.582. The molecule has 1 saturated carbocycles. The van der Waals surface area contributed by atoms with Crippen LogP contribution in [-0.2, 0) is 0 Å². The molecule has 1 aliphatic carbocycles. The Bertz CT molecular complexity index is 162. The minimum atomic E-state index is -0.868. The lowest BCUT2D eigenvalue weighted by atomic mass is 10.0. The van der Waals surface area contributed by atoms with Crippen molar-refractivity contribution in [3.8, 4) is 0 Å². The van der Waals surface area contributed by atoms with Gasteiger partial charge in [0.25, 0.3) is 0 Å². The zero-order valence-corrected chi connectivity index (χ0v) is 8.84. The van der Waals surface area contributed by atoms with Crippen LogP contribution in [0.3, 0.4) is 0 Å². The molecule has 1 saturated heterocycles. The van der Waals surface area contributed by atoms with Gasteiger partial charge in [0.2, 0.25) is 0 Å². The predicted molar refractivity (Wildman–Crippen MR) is 56.0 cm³/mol. The second-order valence-electron chi connectivity index (χ2n) is 4.30. The molecule has 2 aliphatic rings. The Morgan fingerprint density at radius 3 is 2.77 bits per heavy atom. The zero-order chi connectivity index (χ0) is 9.15. The summed E-state index contributed by atoms with van der Waals surface area (Å²) in [5.74, 6) is 2.42. The van der Waals surface area contributed by atoms with Gasteiger partial charge >= 0.3 is 0 Å². The molecule has 1 heterocycles. The van der Waals surface area contributed by atoms with Crippen molar-refractivity contribution in [2.24, 2.45) is 0 Å². The van der Waals surface area contributed by atoms with Crippen LogP contribution in [0.25, 0.3) is 0 Å². The summed E-state index contributed by atoms with van der Waals surface area (Å²) in [5.41, 5.74) is -0.868. The van der Waals surface area contributed by atoms with E-state index >= 15 is 0 Å². The summed E-state index contributed by atoms with van der Waals surface area (Å²) in [7, 11) is 0. The molecule has 0 radical (unpaired) electrons. The lowest BCUT2D eigenvalue weighted by Gasteiger charge is -2.22. The first kappa shape index (κ1) is 9.78. The number of halogens is 1. The maximum Gasteiger partial charge on any atom is 0.123 e. The summed E-state index contributed by atoms with van der Waals surface area (Å²) in [6.45, 7) is 0.595. The van der Waals surface area contributed by atoms with E-state index in [1.54, 1.807) is 0 Å². The van der Waals surface area contributed by atoms with Crippen LogP contribution in [0.1, 0.15) is 32.1 Å². The van der Waals surface area contributed by atoms with Gasteiger partial charge in [-0.15, -0.1) is 0 Å². The first-order valence-electron chi connectivity index (χ1n) is 5.29. The maximum absolute atomic E-state index is 13.9. The quantitative estimate of drug-likeness (QED) is 0.755. The van der Waals surface area contributed by atoms with E-state index < -0.39 is 5.67 Å². The molecule has 1 unspecified atom stereocenters. The third kappa shape index (κ3) is 2.59. The molecule has 0 spiro atoms. The first-order chi connectivity index (χ1) is 6.29. The lowest BCUT2D eigenvalue weighted by Crippen LogP contribution is -2.40. The van der Waals surface area contributed by atoms with Gasteiger partial charge < -0.3 is 5.32 Å². The summed E-state index contributed by atoms with van der Waals surface area (Å²) in [6, 6.07) is 0.582. The van der Waals surface area contributed by atoms with E-state index in [9.17, 15) is 4.39 Å². The van der Waals surface area contributed by atoms with Gasteiger partial charge in [-0.2, -0.15) is 11.8 Å². The van der Waals surface area contributed by atoms with Gasteiger partial charge in [-0.3, -0.25) is 0 Å². The molecule has 2 fully saturated rings. The van der Waals surface area contributed by atoms with Gasteiger partial charge in [0, 0.05) is 18.3 Å². The van der Waals surface area contributed by atoms with E-state index in [-0.39, 0.29) is 0 Å². The first-order valence-corrected chi connectivity index (χ1v) is 6.44. The Balaban J connectivity index is 1.71. The third-order valence-corrected chi connectivity index (χ3v) is 4.30. The molecule has 3 heteroatoms. The van der Waals surface area contributed by atoms with Crippen LogP contribution in [0.4, 0.5) is 4.39 Å². The fourth-order valence-corrected chi connectivity index (χ4v) is 3.40. The number of thioether (sulfide) groups is 1. The summed E-state index contributed by atoms with van der Waals surface area (Å²) in [4.78, 5) is 0. The van der Waals surface area contributed by atoms with Crippen molar-refractivity contribution in [1.82, 2.24) is 5.32 Å². The van der Waals surface area contributed by atoms with Gasteiger partial charge in [-0.25, -0.2) is 4.39 Å². The molecule has 76 valence electrons. The van der Waals surface area contributed by atoms with Gasteiger partial charge in [0.05, 0.1) is 0 Å². The summed E-state index contributed by atoms with van der Waals surface area (Å²) in [5, 5.41) is 3.37. The molecule has 0 aromatic heterocycles. The second kappa shape index (κ2) is 4.18. The minimum Gasteiger partial charge on any atom is -0.310 e. The summed E-state index contributed by atoms with van der Waals surface area (Å²) in [6.07, 6.45) is 4.94. The highest BCUT2D eigenvalue weighted by Crippen LogP contribution is 2.33. The van der Waals surface area contributed by atoms with Gasteiger partial charge in [-0.1, -0.05) is 12.8 Å². The topological polar surface area (TPSA) is 12.0 Å². The molecule has 1 atom stereocenters. The van der Waals surface area contributed by atoms with Crippen LogP contribution in [0.5, 0.6) is 0 Å². The van der Waals surface area contributed by atoms with Crippen molar-refractivity contribution >= 4 is 11.8 Å². The van der Waals surface area contributed by atoms with Crippen LogP contribution in [0.15, 0.2) is 0 Å². The van der Waals surface area contributed by atoms with Crippen molar-refractivity contribution in [3.05, 3.63) is 0 Å². The normalized spacial score (nSPS) is 32.5. The summed E-state index contributed by atoms with van der Waals surface area (Å²) < 4.78 is 13.9. The van der Waals surface area contributed by atoms with E-state index in [0.717, 1.165) is 25.7 Å². The molecule has 1 nitrogen and oxygen atoms in total. The van der Waals surface area contributed by atoms with Crippen LogP contribution in [0, 0.1) is 0 Å². The van der Waals surface area contributed by atoms with E-state index in [0.29, 0.717) is 12.6 Å². The van der Waals surface area contributed by atoms with E-state index in [1.165, 1.54) is 17.9 Å². The van der Waals surface area contributed by atoms with Crippen LogP contribution in [-0.4, -0.2) is 29.8 Å². The molecule has 2 rings (SSSR count). The van der Waals surface area contributed by atoms with Crippen molar-refractivity contribution in [3.63, 3.8) is 0 Å². The molecule has 0 aromatic rings. The van der Waals surface area contributed by atoms with Crippen LogP contribution >= 0.6 is 11.8 Å². The van der Waals surface area contributed by atoms with E-state index in [2.05, 4.69) is 5.32 Å². The number of hydrogen-bond acceptors (Lipinski definition) is 2. The highest BCUT2D eigenvalue weighted by atomic mass is 32.2. The fourth-order valence-electron chi connectivity index (χ4n) is 2.21. The largest absolute Gasteiger partial charge is 0.310 e. The Morgan fingerprint density at radius 2 is 2.15 bits per heavy atom. The Labute approximate surface area is 83.9 Å². The fraction of sp³-hybridized carbons (Fsp3) is 1.00. The van der Waals surface area contributed by atoms with Gasteiger partial charge in [0.15, 0.2) is 0 Å². The average Bonchev–Trinajstić information content (AvgIpc) is 2.72. The number of alkyl halides is 1. The smallest absolute Gasteiger partial charge is 0.123 e. The molecule has 0 amide bonds. The third-order valence-electron chi connectivity index (χ3n) is 3.14. The second-order valence-corrected chi connectivity index (χ2v) is 5.45. The van der Waals surface area contributed by atoms with Crippen molar-refractivity contribution in [2.75, 3.05) is 18.1 Å². The van der Waals surface area contributed by atoms with Crippen LogP contribution < -0.4 is 5.32 Å². The monoisotopic (exact) mass is 203 g/mol. The SMILES string of the molecule is FC1(CNC2CCSC2)CCCC1. The van der Waals surface area contributed by atoms with E-state index in [4.69, 9.17) is 0 Å². The van der Waals surface area contributed by atoms with Crippen molar-refractivity contribution < 1.29 is 4.39 Å². The highest BCUT2D eigenvalue weighted by molar-refractivity contribution is 7.99. The Morgan fingerprint density at radius 1 is 1.38 bits per heavy atom. The van der Waals surface area contributed by atoms with Crippen molar-refractivity contribution in [2.45, 2.75) is 43.8 Å². The number of hydrogen-bond donors (Lipinski definition) is 1. The molecule has 1 aliphatic heterocycles. The molecule has 0 bridgehead atoms. The molecule has 0 aromatic carbocycles. The molecular formula is C10H18FNS. The number of rotatable bonds is 3. The van der Waals surface area contributed by atoms with Crippen LogP contribution in [0.2, 0.25) is 0 Å². The zero-order valence-electron chi connectivity index (χ0n) is 8.02. The predicted octanol–water partition coefficient (Wildman–Crippen LogP) is 2.36. The van der Waals surface area contributed by atoms with E-state index in [1.807, 2.05) is 11.8 Å². The average molecular weight is 203 g/mol. The molecular weight excluding hydrogens is 185 g/mol. The maximum atomic E-state index is 13.9. The molecule has 13 heavy (non-hydrogen) atoms. The Hall–Kier alpha value is 0.240. The summed E-state index contributed by atoms with van der Waals surface area (Å²) >= 11 is 1.98. The van der Waals surface area contributed by atoms with Gasteiger partial charge in [-0.05, 0) is 25.0 Å². The lowest BCUT2D eigenvalue weighted by molar-refractivity contribution is 0.164. The number of nitrogens with one attached hydrogen (secondary N) is 1. The van der Waals surface area contributed by atoms with Crippen molar-refractivity contribution in [1.29, 1.82) is 0 Å². The highest BCUT2D eigenvalue weighted by Gasteiger charge is 2.34. The van der Waals surface area contributed by atoms with Gasteiger partial charge in [0.1, 0.15) is 5.67 Å².